The Kier molecular flexibility index (Phi) is 3.26. The van der Waals surface area contributed by atoms with Crippen molar-refractivity contribution in [2.24, 2.45) is 0 Å². The van der Waals surface area contributed by atoms with E-state index in [0.29, 0.717) is 11.3 Å². The highest BCUT2D eigenvalue weighted by atomic mass is 32.2. The van der Waals surface area contributed by atoms with Crippen molar-refractivity contribution in [3.05, 3.63) is 60.6 Å². The standard InChI is InChI=1S/C14H12N4O2S/c1-11-4-6-13(7-5-11)21(19,20)18-10-14(16-17-18)12-3-2-8-15-9-12/h2-10H,1H3. The first-order chi connectivity index (χ1) is 10.1. The molecule has 0 atom stereocenters. The first-order valence-electron chi connectivity index (χ1n) is 6.22. The van der Waals surface area contributed by atoms with Crippen LogP contribution in [0.1, 0.15) is 5.56 Å². The zero-order valence-electron chi connectivity index (χ0n) is 11.2. The molecule has 0 radical (unpaired) electrons. The molecular weight excluding hydrogens is 288 g/mol. The van der Waals surface area contributed by atoms with Gasteiger partial charge in [-0.25, -0.2) is 0 Å². The molecule has 1 aromatic carbocycles. The van der Waals surface area contributed by atoms with Crippen molar-refractivity contribution in [1.29, 1.82) is 0 Å². The molecule has 0 spiro atoms. The zero-order chi connectivity index (χ0) is 14.9. The van der Waals surface area contributed by atoms with Gasteiger partial charge in [0.2, 0.25) is 0 Å². The average molecular weight is 300 g/mol. The Morgan fingerprint density at radius 1 is 1.10 bits per heavy atom. The van der Waals surface area contributed by atoms with Crippen LogP contribution in [0.4, 0.5) is 0 Å². The number of aryl methyl sites for hydroxylation is 1. The van der Waals surface area contributed by atoms with Crippen LogP contribution in [-0.4, -0.2) is 27.8 Å². The molecule has 2 heterocycles. The fraction of sp³-hybridized carbons (Fsp3) is 0.0714. The first-order valence-corrected chi connectivity index (χ1v) is 7.66. The van der Waals surface area contributed by atoms with Crippen LogP contribution in [0.3, 0.4) is 0 Å². The monoisotopic (exact) mass is 300 g/mol. The summed E-state index contributed by atoms with van der Waals surface area (Å²) in [7, 11) is -3.72. The van der Waals surface area contributed by atoms with Crippen molar-refractivity contribution in [3.8, 4) is 11.3 Å². The van der Waals surface area contributed by atoms with E-state index >= 15 is 0 Å². The molecule has 0 N–H and O–H groups in total. The van der Waals surface area contributed by atoms with E-state index in [1.165, 1.54) is 6.20 Å². The summed E-state index contributed by atoms with van der Waals surface area (Å²) in [6.45, 7) is 1.90. The van der Waals surface area contributed by atoms with Gasteiger partial charge in [0, 0.05) is 18.0 Å². The topological polar surface area (TPSA) is 77.7 Å². The third-order valence-electron chi connectivity index (χ3n) is 3.00. The number of benzene rings is 1. The third-order valence-corrected chi connectivity index (χ3v) is 4.53. The van der Waals surface area contributed by atoms with Gasteiger partial charge in [0.1, 0.15) is 5.69 Å². The Morgan fingerprint density at radius 3 is 2.52 bits per heavy atom. The number of nitrogens with zero attached hydrogens (tertiary/aromatic N) is 4. The molecule has 21 heavy (non-hydrogen) atoms. The number of hydrogen-bond donors (Lipinski definition) is 0. The van der Waals surface area contributed by atoms with Crippen molar-refractivity contribution in [2.45, 2.75) is 11.8 Å². The van der Waals surface area contributed by atoms with E-state index in [0.717, 1.165) is 9.65 Å². The molecule has 0 saturated carbocycles. The highest BCUT2D eigenvalue weighted by Crippen LogP contribution is 2.18. The average Bonchev–Trinajstić information content (AvgIpc) is 2.99. The predicted molar refractivity (Wildman–Crippen MR) is 77.0 cm³/mol. The molecule has 3 aromatic rings. The maximum Gasteiger partial charge on any atom is 0.284 e. The van der Waals surface area contributed by atoms with Gasteiger partial charge in [0.15, 0.2) is 0 Å². The summed E-state index contributed by atoms with van der Waals surface area (Å²) in [5, 5.41) is 7.60. The lowest BCUT2D eigenvalue weighted by Crippen LogP contribution is -2.13. The van der Waals surface area contributed by atoms with Crippen LogP contribution in [0.5, 0.6) is 0 Å². The minimum Gasteiger partial charge on any atom is -0.264 e. The summed E-state index contributed by atoms with van der Waals surface area (Å²) in [5.74, 6) is 0. The Hall–Kier alpha value is -2.54. The lowest BCUT2D eigenvalue weighted by atomic mass is 10.2. The molecule has 0 bridgehead atoms. The molecule has 3 rings (SSSR count). The molecule has 6 nitrogen and oxygen atoms in total. The maximum absolute atomic E-state index is 12.4. The lowest BCUT2D eigenvalue weighted by Gasteiger charge is -2.03. The quantitative estimate of drug-likeness (QED) is 0.738. The SMILES string of the molecule is Cc1ccc(S(=O)(=O)n2cc(-c3cccnc3)nn2)cc1. The van der Waals surface area contributed by atoms with E-state index < -0.39 is 10.0 Å². The molecule has 0 saturated heterocycles. The maximum atomic E-state index is 12.4. The fourth-order valence-electron chi connectivity index (χ4n) is 1.83. The Balaban J connectivity index is 2.01. The van der Waals surface area contributed by atoms with Crippen LogP contribution in [-0.2, 0) is 10.0 Å². The molecule has 2 aromatic heterocycles. The van der Waals surface area contributed by atoms with E-state index in [1.54, 1.807) is 48.8 Å². The van der Waals surface area contributed by atoms with E-state index in [4.69, 9.17) is 0 Å². The second kappa shape index (κ2) is 5.10. The summed E-state index contributed by atoms with van der Waals surface area (Å²) in [6, 6.07) is 10.1. The summed E-state index contributed by atoms with van der Waals surface area (Å²) in [6.07, 6.45) is 4.62. The van der Waals surface area contributed by atoms with E-state index in [1.807, 2.05) is 6.92 Å². The van der Waals surface area contributed by atoms with E-state index in [2.05, 4.69) is 15.3 Å². The largest absolute Gasteiger partial charge is 0.284 e. The highest BCUT2D eigenvalue weighted by molar-refractivity contribution is 7.89. The van der Waals surface area contributed by atoms with Crippen LogP contribution < -0.4 is 0 Å². The van der Waals surface area contributed by atoms with Gasteiger partial charge in [-0.2, -0.15) is 8.42 Å². The minimum absolute atomic E-state index is 0.177. The van der Waals surface area contributed by atoms with Gasteiger partial charge in [-0.3, -0.25) is 4.98 Å². The molecule has 7 heteroatoms. The smallest absolute Gasteiger partial charge is 0.264 e. The summed E-state index contributed by atoms with van der Waals surface area (Å²) in [5.41, 5.74) is 2.16. The van der Waals surface area contributed by atoms with Crippen LogP contribution in [0.15, 0.2) is 59.9 Å². The Morgan fingerprint density at radius 2 is 1.86 bits per heavy atom. The van der Waals surface area contributed by atoms with Crippen LogP contribution in [0, 0.1) is 6.92 Å². The molecule has 0 unspecified atom stereocenters. The van der Waals surface area contributed by atoms with Crippen molar-refractivity contribution < 1.29 is 8.42 Å². The molecular formula is C14H12N4O2S. The number of rotatable bonds is 3. The lowest BCUT2D eigenvalue weighted by molar-refractivity contribution is 0.577. The number of hydrogen-bond acceptors (Lipinski definition) is 5. The number of pyridine rings is 1. The molecule has 106 valence electrons. The molecule has 0 aliphatic carbocycles. The van der Waals surface area contributed by atoms with Gasteiger partial charge >= 0.3 is 0 Å². The van der Waals surface area contributed by atoms with E-state index in [-0.39, 0.29) is 4.90 Å². The first kappa shape index (κ1) is 13.4. The van der Waals surface area contributed by atoms with Crippen LogP contribution in [0.2, 0.25) is 0 Å². The second-order valence-corrected chi connectivity index (χ2v) is 6.33. The zero-order valence-corrected chi connectivity index (χ0v) is 12.0. The molecule has 0 aliphatic rings. The molecule has 0 fully saturated rings. The predicted octanol–water partition coefficient (Wildman–Crippen LogP) is 1.89. The fourth-order valence-corrected chi connectivity index (χ4v) is 2.90. The Labute approximate surface area is 122 Å². The third kappa shape index (κ3) is 2.55. The van der Waals surface area contributed by atoms with Crippen molar-refractivity contribution in [2.75, 3.05) is 0 Å². The number of aromatic nitrogens is 4. The minimum atomic E-state index is -3.72. The van der Waals surface area contributed by atoms with Crippen molar-refractivity contribution >= 4 is 10.0 Å². The summed E-state index contributed by atoms with van der Waals surface area (Å²) >= 11 is 0. The Bertz CT molecular complexity index is 856. The van der Waals surface area contributed by atoms with Crippen molar-refractivity contribution in [1.82, 2.24) is 19.4 Å². The molecule has 0 aliphatic heterocycles. The van der Waals surface area contributed by atoms with Crippen LogP contribution >= 0.6 is 0 Å². The van der Waals surface area contributed by atoms with Gasteiger partial charge in [-0.15, -0.1) is 9.19 Å². The summed E-state index contributed by atoms with van der Waals surface area (Å²) < 4.78 is 25.7. The molecule has 0 amide bonds. The second-order valence-electron chi connectivity index (χ2n) is 4.54. The van der Waals surface area contributed by atoms with Crippen molar-refractivity contribution in [3.63, 3.8) is 0 Å². The van der Waals surface area contributed by atoms with Gasteiger partial charge in [-0.05, 0) is 31.2 Å². The highest BCUT2D eigenvalue weighted by Gasteiger charge is 2.19. The van der Waals surface area contributed by atoms with Crippen LogP contribution in [0.25, 0.3) is 11.3 Å². The van der Waals surface area contributed by atoms with Gasteiger partial charge in [0.05, 0.1) is 11.1 Å². The van der Waals surface area contributed by atoms with Gasteiger partial charge in [-0.1, -0.05) is 22.9 Å². The van der Waals surface area contributed by atoms with Gasteiger partial charge in [0.25, 0.3) is 10.0 Å². The van der Waals surface area contributed by atoms with Gasteiger partial charge < -0.3 is 0 Å². The summed E-state index contributed by atoms with van der Waals surface area (Å²) in [4.78, 5) is 4.15. The van der Waals surface area contributed by atoms with E-state index in [9.17, 15) is 8.42 Å². The normalized spacial score (nSPS) is 11.5.